The summed E-state index contributed by atoms with van der Waals surface area (Å²) in [4.78, 5) is 13.2. The summed E-state index contributed by atoms with van der Waals surface area (Å²) in [5.74, 6) is -1.15. The minimum Gasteiger partial charge on any atom is -0.392 e. The van der Waals surface area contributed by atoms with Crippen LogP contribution in [0, 0.1) is 5.92 Å². The summed E-state index contributed by atoms with van der Waals surface area (Å²) in [6.07, 6.45) is 10.6. The highest BCUT2D eigenvalue weighted by Gasteiger charge is 2.29. The van der Waals surface area contributed by atoms with Crippen molar-refractivity contribution in [2.24, 2.45) is 5.92 Å². The first kappa shape index (κ1) is 25.6. The highest BCUT2D eigenvalue weighted by Crippen LogP contribution is 2.31. The second kappa shape index (κ2) is 12.4. The highest BCUT2D eigenvalue weighted by atomic mass is 32.2. The molecule has 0 spiro atoms. The predicted molar refractivity (Wildman–Crippen MR) is 127 cm³/mol. The first-order chi connectivity index (χ1) is 15.9. The second-order valence-corrected chi connectivity index (χ2v) is 10.7. The summed E-state index contributed by atoms with van der Waals surface area (Å²) in [6.45, 7) is 2.93. The molecule has 0 bridgehead atoms. The smallest absolute Gasteiger partial charge is 0.185 e. The van der Waals surface area contributed by atoms with Crippen molar-refractivity contribution in [3.63, 3.8) is 0 Å². The molecule has 0 saturated carbocycles. The number of benzene rings is 1. The van der Waals surface area contributed by atoms with Crippen LogP contribution in [0.15, 0.2) is 70.2 Å². The lowest BCUT2D eigenvalue weighted by Crippen LogP contribution is -2.29. The van der Waals surface area contributed by atoms with Crippen LogP contribution in [-0.2, 0) is 24.1 Å². The fraction of sp³-hybridized carbons (Fsp3) is 0.500. The zero-order valence-electron chi connectivity index (χ0n) is 19.2. The van der Waals surface area contributed by atoms with Crippen LogP contribution in [-0.4, -0.2) is 51.2 Å². The zero-order valence-corrected chi connectivity index (χ0v) is 20.1. The number of carbonyl (C=O) groups excluding carboxylic acids is 1. The summed E-state index contributed by atoms with van der Waals surface area (Å²) >= 11 is 0. The van der Waals surface area contributed by atoms with Gasteiger partial charge in [-0.15, -0.1) is 0 Å². The molecule has 1 aliphatic heterocycles. The van der Waals surface area contributed by atoms with E-state index in [0.717, 1.165) is 37.7 Å². The average Bonchev–Trinajstić information content (AvgIpc) is 2.83. The van der Waals surface area contributed by atoms with E-state index in [9.17, 15) is 18.3 Å². The fourth-order valence-corrected chi connectivity index (χ4v) is 5.34. The van der Waals surface area contributed by atoms with Gasteiger partial charge < -0.3 is 14.6 Å². The molecule has 0 aromatic heterocycles. The van der Waals surface area contributed by atoms with Crippen LogP contribution >= 0.6 is 0 Å². The quantitative estimate of drug-likeness (QED) is 0.484. The molecule has 1 heterocycles. The van der Waals surface area contributed by atoms with Crippen molar-refractivity contribution in [2.45, 2.75) is 56.6 Å². The lowest BCUT2D eigenvalue weighted by atomic mass is 9.84. The number of carbonyl (C=O) groups is 1. The molecular formula is C26H34O6S. The lowest BCUT2D eigenvalue weighted by molar-refractivity contribution is -0.167. The van der Waals surface area contributed by atoms with Gasteiger partial charge in [-0.2, -0.15) is 0 Å². The molecule has 0 amide bonds. The first-order valence-electron chi connectivity index (χ1n) is 11.6. The number of aliphatic hydroxyl groups is 1. The monoisotopic (exact) mass is 474 g/mol. The molecule has 1 N–H and O–H groups in total. The average molecular weight is 475 g/mol. The summed E-state index contributed by atoms with van der Waals surface area (Å²) in [6, 6.07) is 8.08. The number of hydrogen-bond donors (Lipinski definition) is 1. The van der Waals surface area contributed by atoms with E-state index in [4.69, 9.17) is 9.47 Å². The van der Waals surface area contributed by atoms with Gasteiger partial charge in [0.25, 0.3) is 0 Å². The summed E-state index contributed by atoms with van der Waals surface area (Å²) < 4.78 is 37.2. The van der Waals surface area contributed by atoms with E-state index in [0.29, 0.717) is 25.2 Å². The molecule has 6 nitrogen and oxygen atoms in total. The number of ketones is 1. The molecule has 3 rings (SSSR count). The van der Waals surface area contributed by atoms with Crippen LogP contribution in [0.5, 0.6) is 0 Å². The fourth-order valence-electron chi connectivity index (χ4n) is 4.09. The topological polar surface area (TPSA) is 89.9 Å². The Kier molecular flexibility index (Phi) is 9.62. The molecule has 1 fully saturated rings. The Balaban J connectivity index is 1.72. The second-order valence-electron chi connectivity index (χ2n) is 8.72. The van der Waals surface area contributed by atoms with Gasteiger partial charge in [0.05, 0.1) is 18.1 Å². The van der Waals surface area contributed by atoms with Crippen LogP contribution in [0.1, 0.15) is 45.4 Å². The Bertz CT molecular complexity index is 985. The van der Waals surface area contributed by atoms with Crippen molar-refractivity contribution in [3.05, 3.63) is 65.3 Å². The van der Waals surface area contributed by atoms with E-state index in [1.165, 1.54) is 17.7 Å². The van der Waals surface area contributed by atoms with Gasteiger partial charge in [-0.3, -0.25) is 4.79 Å². The van der Waals surface area contributed by atoms with Crippen LogP contribution in [0.2, 0.25) is 0 Å². The van der Waals surface area contributed by atoms with Gasteiger partial charge in [-0.1, -0.05) is 47.6 Å². The van der Waals surface area contributed by atoms with Gasteiger partial charge in [0.15, 0.2) is 21.9 Å². The van der Waals surface area contributed by atoms with Crippen molar-refractivity contribution < 1.29 is 27.8 Å². The Hall–Kier alpha value is -2.06. The predicted octanol–water partition coefficient (Wildman–Crippen LogP) is 4.16. The molecular weight excluding hydrogens is 440 g/mol. The molecule has 1 unspecified atom stereocenters. The molecule has 1 aromatic rings. The molecule has 2 atom stereocenters. The minimum absolute atomic E-state index is 0.0470. The highest BCUT2D eigenvalue weighted by molar-refractivity contribution is 7.92. The summed E-state index contributed by atoms with van der Waals surface area (Å²) in [7, 11) is -3.72. The Labute approximate surface area is 196 Å². The van der Waals surface area contributed by atoms with Gasteiger partial charge in [0, 0.05) is 18.1 Å². The van der Waals surface area contributed by atoms with Gasteiger partial charge in [0.1, 0.15) is 5.75 Å². The van der Waals surface area contributed by atoms with Gasteiger partial charge in [-0.25, -0.2) is 8.42 Å². The zero-order chi connectivity index (χ0) is 23.7. The number of hydrogen-bond acceptors (Lipinski definition) is 6. The minimum atomic E-state index is -3.72. The molecule has 0 radical (unpaired) electrons. The summed E-state index contributed by atoms with van der Waals surface area (Å²) in [5, 5.41) is 9.17. The van der Waals surface area contributed by atoms with E-state index in [1.807, 2.05) is 19.1 Å². The van der Waals surface area contributed by atoms with Crippen molar-refractivity contribution in [1.82, 2.24) is 0 Å². The van der Waals surface area contributed by atoms with Crippen LogP contribution in [0.3, 0.4) is 0 Å². The third-order valence-corrected chi connectivity index (χ3v) is 7.65. The standard InChI is InChI=1S/C26H34O6S/c1-20(17-27)8-7-9-21-13-14-24(22(16-21)18-32-26-12-5-6-15-31-26)25(28)19-33(29,30)23-10-3-2-4-11-23/h2-4,8,10-11,13-14,22,26-27H,5-7,9,12,15-19H2,1H3/b20-8+/t22-,26?/m1/s1. The first-order valence-corrected chi connectivity index (χ1v) is 13.2. The van der Waals surface area contributed by atoms with E-state index < -0.39 is 15.6 Å². The molecule has 2 aliphatic rings. The number of aliphatic hydroxyl groups excluding tert-OH is 1. The maximum atomic E-state index is 13.1. The molecule has 1 aromatic carbocycles. The summed E-state index contributed by atoms with van der Waals surface area (Å²) in [5.41, 5.74) is 2.60. The Morgan fingerprint density at radius 3 is 2.70 bits per heavy atom. The largest absolute Gasteiger partial charge is 0.392 e. The molecule has 1 aliphatic carbocycles. The van der Waals surface area contributed by atoms with Crippen LogP contribution < -0.4 is 0 Å². The molecule has 1 saturated heterocycles. The van der Waals surface area contributed by atoms with E-state index in [2.05, 4.69) is 0 Å². The third-order valence-electron chi connectivity index (χ3n) is 6.02. The van der Waals surface area contributed by atoms with Crippen molar-refractivity contribution in [3.8, 4) is 0 Å². The number of ether oxygens (including phenoxy) is 2. The lowest BCUT2D eigenvalue weighted by Gasteiger charge is -2.28. The Morgan fingerprint density at radius 1 is 1.21 bits per heavy atom. The maximum absolute atomic E-state index is 13.1. The molecule has 33 heavy (non-hydrogen) atoms. The maximum Gasteiger partial charge on any atom is 0.185 e. The SMILES string of the molecule is C/C(=C\CCC1=CC=C(C(=O)CS(=O)(=O)c2ccccc2)[C@@H](COC2CCCCO2)C1)CO. The van der Waals surface area contributed by atoms with E-state index >= 15 is 0 Å². The van der Waals surface area contributed by atoms with Gasteiger partial charge in [-0.05, 0) is 57.6 Å². The number of Topliss-reactive ketones (excluding diaryl/α,β-unsaturated/α-hetero) is 1. The molecule has 7 heteroatoms. The van der Waals surface area contributed by atoms with Crippen molar-refractivity contribution >= 4 is 15.6 Å². The molecule has 180 valence electrons. The van der Waals surface area contributed by atoms with Crippen LogP contribution in [0.4, 0.5) is 0 Å². The number of sulfone groups is 1. The normalized spacial score (nSPS) is 21.9. The van der Waals surface area contributed by atoms with Crippen molar-refractivity contribution in [1.29, 1.82) is 0 Å². The van der Waals surface area contributed by atoms with Gasteiger partial charge >= 0.3 is 0 Å². The Morgan fingerprint density at radius 2 is 2.00 bits per heavy atom. The number of rotatable bonds is 11. The van der Waals surface area contributed by atoms with Crippen LogP contribution in [0.25, 0.3) is 0 Å². The number of allylic oxidation sites excluding steroid dienone is 4. The third kappa shape index (κ3) is 7.74. The van der Waals surface area contributed by atoms with E-state index in [1.54, 1.807) is 24.3 Å². The van der Waals surface area contributed by atoms with Crippen molar-refractivity contribution in [2.75, 3.05) is 25.6 Å². The van der Waals surface area contributed by atoms with E-state index in [-0.39, 0.29) is 29.5 Å². The van der Waals surface area contributed by atoms with Gasteiger partial charge in [0.2, 0.25) is 0 Å².